The van der Waals surface area contributed by atoms with Crippen LogP contribution in [0.4, 0.5) is 0 Å². The van der Waals surface area contributed by atoms with Crippen LogP contribution < -0.4 is 4.74 Å². The van der Waals surface area contributed by atoms with Gasteiger partial charge in [-0.15, -0.1) is 0 Å². The molecule has 4 nitrogen and oxygen atoms in total. The van der Waals surface area contributed by atoms with Crippen LogP contribution in [0.15, 0.2) is 36.4 Å². The maximum atomic E-state index is 11.9. The van der Waals surface area contributed by atoms with Crippen LogP contribution in [0.5, 0.6) is 5.75 Å². The summed E-state index contributed by atoms with van der Waals surface area (Å²) in [7, 11) is 1.50. The molecule has 0 spiro atoms. The minimum absolute atomic E-state index is 0.0144. The summed E-state index contributed by atoms with van der Waals surface area (Å²) in [6, 6.07) is 6.93. The average molecular weight is 264 g/mol. The number of methoxy groups -OCH3 is 1. The Labute approximate surface area is 113 Å². The second kappa shape index (κ2) is 5.89. The van der Waals surface area contributed by atoms with Crippen molar-refractivity contribution in [1.29, 1.82) is 0 Å². The summed E-state index contributed by atoms with van der Waals surface area (Å²) in [4.78, 5) is 11.9. The fourth-order valence-corrected chi connectivity index (χ4v) is 1.54. The van der Waals surface area contributed by atoms with E-state index in [1.165, 1.54) is 7.11 Å². The number of hydrogen-bond donors (Lipinski definition) is 1. The van der Waals surface area contributed by atoms with Crippen LogP contribution in [0.2, 0.25) is 0 Å². The number of benzene rings is 1. The van der Waals surface area contributed by atoms with Crippen molar-refractivity contribution in [3.63, 3.8) is 0 Å². The van der Waals surface area contributed by atoms with Crippen molar-refractivity contribution in [2.75, 3.05) is 7.11 Å². The smallest absolute Gasteiger partial charge is 0.336 e. The van der Waals surface area contributed by atoms with Gasteiger partial charge in [-0.1, -0.05) is 24.8 Å². The maximum absolute atomic E-state index is 11.9. The van der Waals surface area contributed by atoms with E-state index in [1.54, 1.807) is 45.0 Å². The monoisotopic (exact) mass is 264 g/mol. The van der Waals surface area contributed by atoms with Crippen molar-refractivity contribution in [3.8, 4) is 5.75 Å². The van der Waals surface area contributed by atoms with Crippen LogP contribution in [0.3, 0.4) is 0 Å². The van der Waals surface area contributed by atoms with E-state index in [0.29, 0.717) is 11.3 Å². The van der Waals surface area contributed by atoms with Crippen LogP contribution >= 0.6 is 0 Å². The van der Waals surface area contributed by atoms with Gasteiger partial charge in [0.2, 0.25) is 0 Å². The van der Waals surface area contributed by atoms with Crippen molar-refractivity contribution in [2.24, 2.45) is 0 Å². The minimum atomic E-state index is -1.15. The molecule has 0 heterocycles. The second-order valence-corrected chi connectivity index (χ2v) is 5.17. The first-order chi connectivity index (χ1) is 8.76. The number of aliphatic hydroxyl groups excluding tert-OH is 1. The summed E-state index contributed by atoms with van der Waals surface area (Å²) in [6.45, 7) is 8.88. The third-order valence-electron chi connectivity index (χ3n) is 2.42. The van der Waals surface area contributed by atoms with Crippen LogP contribution in [-0.4, -0.2) is 23.8 Å². The number of aliphatic hydroxyl groups is 1. The van der Waals surface area contributed by atoms with Crippen LogP contribution in [0.1, 0.15) is 32.4 Å². The zero-order valence-electron chi connectivity index (χ0n) is 11.8. The first kappa shape index (κ1) is 15.2. The zero-order chi connectivity index (χ0) is 14.6. The van der Waals surface area contributed by atoms with Crippen molar-refractivity contribution >= 4 is 5.97 Å². The molecule has 0 saturated heterocycles. The van der Waals surface area contributed by atoms with Gasteiger partial charge in [-0.3, -0.25) is 0 Å². The molecular weight excluding hydrogens is 244 g/mol. The van der Waals surface area contributed by atoms with E-state index in [4.69, 9.17) is 9.47 Å². The molecule has 1 unspecified atom stereocenters. The fraction of sp³-hybridized carbons (Fsp3) is 0.400. The standard InChI is InChI=1S/C15H20O4/c1-10(14(17)19-15(2,3)4)13(16)11-8-6-7-9-12(11)18-5/h6-9,13,16H,1H2,2-5H3. The third kappa shape index (κ3) is 4.10. The quantitative estimate of drug-likeness (QED) is 0.671. The van der Waals surface area contributed by atoms with Crippen LogP contribution in [0, 0.1) is 0 Å². The van der Waals surface area contributed by atoms with E-state index >= 15 is 0 Å². The average Bonchev–Trinajstić information content (AvgIpc) is 2.34. The van der Waals surface area contributed by atoms with Crippen molar-refractivity contribution in [3.05, 3.63) is 42.0 Å². The van der Waals surface area contributed by atoms with E-state index in [-0.39, 0.29) is 5.57 Å². The molecule has 0 bridgehead atoms. The molecule has 0 saturated carbocycles. The lowest BCUT2D eigenvalue weighted by Gasteiger charge is -2.22. The molecular formula is C15H20O4. The summed E-state index contributed by atoms with van der Waals surface area (Å²) in [5.74, 6) is -0.120. The highest BCUT2D eigenvalue weighted by Crippen LogP contribution is 2.30. The lowest BCUT2D eigenvalue weighted by Crippen LogP contribution is -2.26. The number of carbonyl (C=O) groups is 1. The van der Waals surface area contributed by atoms with E-state index < -0.39 is 17.7 Å². The Kier molecular flexibility index (Phi) is 4.72. The Bertz CT molecular complexity index is 471. The van der Waals surface area contributed by atoms with E-state index in [1.807, 2.05) is 0 Å². The molecule has 1 aromatic carbocycles. The number of esters is 1. The van der Waals surface area contributed by atoms with E-state index in [9.17, 15) is 9.90 Å². The highest BCUT2D eigenvalue weighted by Gasteiger charge is 2.25. The molecule has 0 amide bonds. The molecule has 0 aliphatic rings. The SMILES string of the molecule is C=C(C(=O)OC(C)(C)C)C(O)c1ccccc1OC. The van der Waals surface area contributed by atoms with E-state index in [0.717, 1.165) is 0 Å². The number of carbonyl (C=O) groups excluding carboxylic acids is 1. The molecule has 0 aliphatic heterocycles. The van der Waals surface area contributed by atoms with Gasteiger partial charge in [0.25, 0.3) is 0 Å². The van der Waals surface area contributed by atoms with Gasteiger partial charge in [0.15, 0.2) is 0 Å². The van der Waals surface area contributed by atoms with Gasteiger partial charge in [-0.25, -0.2) is 4.79 Å². The summed E-state index contributed by atoms with van der Waals surface area (Å²) >= 11 is 0. The van der Waals surface area contributed by atoms with Crippen molar-refractivity contribution < 1.29 is 19.4 Å². The van der Waals surface area contributed by atoms with Gasteiger partial charge in [-0.05, 0) is 26.8 Å². The van der Waals surface area contributed by atoms with Gasteiger partial charge >= 0.3 is 5.97 Å². The van der Waals surface area contributed by atoms with Gasteiger partial charge in [0.1, 0.15) is 17.5 Å². The first-order valence-electron chi connectivity index (χ1n) is 5.99. The number of hydrogen-bond acceptors (Lipinski definition) is 4. The number of para-hydroxylation sites is 1. The lowest BCUT2D eigenvalue weighted by atomic mass is 10.0. The van der Waals surface area contributed by atoms with Gasteiger partial charge in [0.05, 0.1) is 12.7 Å². The Hall–Kier alpha value is -1.81. The van der Waals surface area contributed by atoms with Crippen molar-refractivity contribution in [1.82, 2.24) is 0 Å². The second-order valence-electron chi connectivity index (χ2n) is 5.17. The molecule has 4 heteroatoms. The summed E-state index contributed by atoms with van der Waals surface area (Å²) < 4.78 is 10.3. The fourth-order valence-electron chi connectivity index (χ4n) is 1.54. The topological polar surface area (TPSA) is 55.8 Å². The molecule has 1 aromatic rings. The van der Waals surface area contributed by atoms with Gasteiger partial charge in [0, 0.05) is 5.56 Å². The summed E-state index contributed by atoms with van der Waals surface area (Å²) in [6.07, 6.45) is -1.15. The lowest BCUT2D eigenvalue weighted by molar-refractivity contribution is -0.151. The molecule has 1 rings (SSSR count). The maximum Gasteiger partial charge on any atom is 0.336 e. The molecule has 104 valence electrons. The molecule has 0 radical (unpaired) electrons. The predicted molar refractivity (Wildman–Crippen MR) is 72.9 cm³/mol. The minimum Gasteiger partial charge on any atom is -0.496 e. The third-order valence-corrected chi connectivity index (χ3v) is 2.42. The van der Waals surface area contributed by atoms with Crippen LogP contribution in [-0.2, 0) is 9.53 Å². The molecule has 1 atom stereocenters. The Morgan fingerprint density at radius 2 is 1.89 bits per heavy atom. The van der Waals surface area contributed by atoms with Crippen molar-refractivity contribution in [2.45, 2.75) is 32.5 Å². The van der Waals surface area contributed by atoms with Gasteiger partial charge < -0.3 is 14.6 Å². The highest BCUT2D eigenvalue weighted by atomic mass is 16.6. The summed E-state index contributed by atoms with van der Waals surface area (Å²) in [5, 5.41) is 10.2. The number of rotatable bonds is 4. The molecule has 0 aromatic heterocycles. The molecule has 0 aliphatic carbocycles. The highest BCUT2D eigenvalue weighted by molar-refractivity contribution is 5.89. The Balaban J connectivity index is 2.91. The van der Waals surface area contributed by atoms with E-state index in [2.05, 4.69) is 6.58 Å². The first-order valence-corrected chi connectivity index (χ1v) is 5.99. The molecule has 0 fully saturated rings. The Morgan fingerprint density at radius 1 is 1.32 bits per heavy atom. The summed E-state index contributed by atoms with van der Waals surface area (Å²) in [5.41, 5.74) is -0.152. The number of ether oxygens (including phenoxy) is 2. The van der Waals surface area contributed by atoms with Gasteiger partial charge in [-0.2, -0.15) is 0 Å². The van der Waals surface area contributed by atoms with Crippen LogP contribution in [0.25, 0.3) is 0 Å². The molecule has 19 heavy (non-hydrogen) atoms. The predicted octanol–water partition coefficient (Wildman–Crippen LogP) is 2.63. The largest absolute Gasteiger partial charge is 0.496 e. The molecule has 1 N–H and O–H groups in total. The zero-order valence-corrected chi connectivity index (χ0v) is 11.8. The Morgan fingerprint density at radius 3 is 2.42 bits per heavy atom. The normalized spacial score (nSPS) is 12.7.